The van der Waals surface area contributed by atoms with E-state index in [1.807, 2.05) is 24.3 Å². The first-order chi connectivity index (χ1) is 7.65. The van der Waals surface area contributed by atoms with E-state index >= 15 is 0 Å². The molecule has 0 spiro atoms. The van der Waals surface area contributed by atoms with Crippen molar-refractivity contribution in [1.82, 2.24) is 5.32 Å². The Morgan fingerprint density at radius 2 is 1.81 bits per heavy atom. The Bertz CT molecular complexity index is 336. The lowest BCUT2D eigenvalue weighted by atomic mass is 10.1. The Labute approximate surface area is 102 Å². The summed E-state index contributed by atoms with van der Waals surface area (Å²) in [7, 11) is 0. The quantitative estimate of drug-likeness (QED) is 0.737. The first-order valence-electron chi connectivity index (χ1n) is 4.91. The van der Waals surface area contributed by atoms with Crippen molar-refractivity contribution in [2.45, 2.75) is 12.5 Å². The van der Waals surface area contributed by atoms with Crippen molar-refractivity contribution < 1.29 is 15.0 Å². The van der Waals surface area contributed by atoms with Gasteiger partial charge in [-0.05, 0) is 17.7 Å². The number of nitrogens with one attached hydrogen (secondary N) is 1. The molecule has 4 nitrogen and oxygen atoms in total. The highest BCUT2D eigenvalue weighted by Gasteiger charge is 2.10. The molecule has 0 aromatic heterocycles. The van der Waals surface area contributed by atoms with Gasteiger partial charge in [-0.3, -0.25) is 4.79 Å². The molecule has 0 radical (unpaired) electrons. The van der Waals surface area contributed by atoms with Gasteiger partial charge in [-0.2, -0.15) is 0 Å². The van der Waals surface area contributed by atoms with E-state index in [1.54, 1.807) is 0 Å². The third kappa shape index (κ3) is 4.30. The lowest BCUT2D eigenvalue weighted by Crippen LogP contribution is -2.40. The predicted molar refractivity (Wildman–Crippen MR) is 63.9 cm³/mol. The van der Waals surface area contributed by atoms with Gasteiger partial charge in [0.05, 0.1) is 25.7 Å². The fourth-order valence-electron chi connectivity index (χ4n) is 1.22. The molecule has 5 heteroatoms. The van der Waals surface area contributed by atoms with Gasteiger partial charge in [-0.1, -0.05) is 28.1 Å². The van der Waals surface area contributed by atoms with Gasteiger partial charge in [0.1, 0.15) is 0 Å². The molecule has 1 rings (SSSR count). The van der Waals surface area contributed by atoms with Gasteiger partial charge >= 0.3 is 0 Å². The van der Waals surface area contributed by atoms with Crippen molar-refractivity contribution in [3.05, 3.63) is 34.3 Å². The summed E-state index contributed by atoms with van der Waals surface area (Å²) in [5.41, 5.74) is 0.885. The molecule has 0 aliphatic carbocycles. The molecule has 0 fully saturated rings. The van der Waals surface area contributed by atoms with Crippen molar-refractivity contribution in [3.8, 4) is 0 Å². The predicted octanol–water partition coefficient (Wildman–Crippen LogP) is 0.461. The van der Waals surface area contributed by atoms with Gasteiger partial charge in [-0.15, -0.1) is 0 Å². The summed E-state index contributed by atoms with van der Waals surface area (Å²) in [5, 5.41) is 20.1. The molecule has 0 bridgehead atoms. The topological polar surface area (TPSA) is 69.6 Å². The second-order valence-corrected chi connectivity index (χ2v) is 4.35. The molecule has 0 unspecified atom stereocenters. The Hall–Kier alpha value is -0.910. The summed E-state index contributed by atoms with van der Waals surface area (Å²) in [6.07, 6.45) is 0.240. The molecule has 3 N–H and O–H groups in total. The highest BCUT2D eigenvalue weighted by molar-refractivity contribution is 9.10. The Morgan fingerprint density at radius 1 is 1.25 bits per heavy atom. The van der Waals surface area contributed by atoms with Gasteiger partial charge in [0, 0.05) is 4.47 Å². The van der Waals surface area contributed by atoms with Crippen molar-refractivity contribution in [1.29, 1.82) is 0 Å². The standard InChI is InChI=1S/C11H14BrNO3/c12-9-3-1-8(2-4-9)5-11(16)13-10(6-14)7-15/h1-4,10,14-15H,5-7H2,(H,13,16). The van der Waals surface area contributed by atoms with Crippen LogP contribution < -0.4 is 5.32 Å². The molecule has 0 heterocycles. The average Bonchev–Trinajstić information content (AvgIpc) is 2.29. The number of carbonyl (C=O) groups excluding carboxylic acids is 1. The molecule has 0 saturated heterocycles. The SMILES string of the molecule is O=C(Cc1ccc(Br)cc1)NC(CO)CO. The van der Waals surface area contributed by atoms with Crippen LogP contribution in [0.3, 0.4) is 0 Å². The van der Waals surface area contributed by atoms with Crippen LogP contribution in [0.2, 0.25) is 0 Å². The number of carbonyl (C=O) groups is 1. The highest BCUT2D eigenvalue weighted by Crippen LogP contribution is 2.10. The van der Waals surface area contributed by atoms with Crippen molar-refractivity contribution in [3.63, 3.8) is 0 Å². The minimum Gasteiger partial charge on any atom is -0.394 e. The number of aliphatic hydroxyl groups excluding tert-OH is 2. The summed E-state index contributed by atoms with van der Waals surface area (Å²) in [6.45, 7) is -0.523. The van der Waals surface area contributed by atoms with E-state index in [0.29, 0.717) is 0 Å². The van der Waals surface area contributed by atoms with Crippen LogP contribution in [0.15, 0.2) is 28.7 Å². The second-order valence-electron chi connectivity index (χ2n) is 3.43. The van der Waals surface area contributed by atoms with Crippen molar-refractivity contribution in [2.24, 2.45) is 0 Å². The third-order valence-electron chi connectivity index (χ3n) is 2.08. The minimum absolute atomic E-state index is 0.213. The van der Waals surface area contributed by atoms with Crippen LogP contribution in [0, 0.1) is 0 Å². The molecular formula is C11H14BrNO3. The Kier molecular flexibility index (Phi) is 5.45. The molecule has 0 aliphatic heterocycles. The first-order valence-corrected chi connectivity index (χ1v) is 5.70. The van der Waals surface area contributed by atoms with E-state index in [-0.39, 0.29) is 25.5 Å². The molecule has 16 heavy (non-hydrogen) atoms. The van der Waals surface area contributed by atoms with Gasteiger partial charge in [0.25, 0.3) is 0 Å². The first kappa shape index (κ1) is 13.2. The van der Waals surface area contributed by atoms with Crippen LogP contribution >= 0.6 is 15.9 Å². The molecule has 0 aliphatic rings. The van der Waals surface area contributed by atoms with E-state index < -0.39 is 6.04 Å². The zero-order chi connectivity index (χ0) is 12.0. The maximum atomic E-state index is 11.5. The number of amides is 1. The van der Waals surface area contributed by atoms with E-state index in [4.69, 9.17) is 10.2 Å². The van der Waals surface area contributed by atoms with Crippen LogP contribution in [0.5, 0.6) is 0 Å². The van der Waals surface area contributed by atoms with Gasteiger partial charge in [0.2, 0.25) is 5.91 Å². The summed E-state index contributed by atoms with van der Waals surface area (Å²) in [5.74, 6) is -0.213. The zero-order valence-corrected chi connectivity index (χ0v) is 10.3. The van der Waals surface area contributed by atoms with Crippen LogP contribution in [0.1, 0.15) is 5.56 Å². The number of benzene rings is 1. The number of aliphatic hydroxyl groups is 2. The molecule has 0 saturated carbocycles. The van der Waals surface area contributed by atoms with Gasteiger partial charge in [0.15, 0.2) is 0 Å². The molecular weight excluding hydrogens is 274 g/mol. The molecule has 88 valence electrons. The largest absolute Gasteiger partial charge is 0.394 e. The fourth-order valence-corrected chi connectivity index (χ4v) is 1.48. The van der Waals surface area contributed by atoms with E-state index in [0.717, 1.165) is 10.0 Å². The van der Waals surface area contributed by atoms with Crippen LogP contribution in [0.4, 0.5) is 0 Å². The zero-order valence-electron chi connectivity index (χ0n) is 8.69. The number of hydrogen-bond acceptors (Lipinski definition) is 3. The second kappa shape index (κ2) is 6.62. The smallest absolute Gasteiger partial charge is 0.224 e. The average molecular weight is 288 g/mol. The minimum atomic E-state index is -0.581. The lowest BCUT2D eigenvalue weighted by Gasteiger charge is -2.13. The molecule has 1 amide bonds. The van der Waals surface area contributed by atoms with E-state index in [2.05, 4.69) is 21.2 Å². The fraction of sp³-hybridized carbons (Fsp3) is 0.364. The summed E-state index contributed by atoms with van der Waals surface area (Å²) in [4.78, 5) is 11.5. The monoisotopic (exact) mass is 287 g/mol. The number of rotatable bonds is 5. The molecule has 1 aromatic carbocycles. The Morgan fingerprint density at radius 3 is 2.31 bits per heavy atom. The lowest BCUT2D eigenvalue weighted by molar-refractivity contribution is -0.121. The summed E-state index contributed by atoms with van der Waals surface area (Å²) >= 11 is 3.31. The van der Waals surface area contributed by atoms with Crippen LogP contribution in [0.25, 0.3) is 0 Å². The normalized spacial score (nSPS) is 10.5. The number of halogens is 1. The summed E-state index contributed by atoms with van der Waals surface area (Å²) < 4.78 is 0.959. The maximum Gasteiger partial charge on any atom is 0.224 e. The van der Waals surface area contributed by atoms with Crippen LogP contribution in [-0.2, 0) is 11.2 Å². The van der Waals surface area contributed by atoms with Gasteiger partial charge in [-0.25, -0.2) is 0 Å². The van der Waals surface area contributed by atoms with E-state index in [9.17, 15) is 4.79 Å². The Balaban J connectivity index is 2.48. The maximum absolute atomic E-state index is 11.5. The van der Waals surface area contributed by atoms with Crippen molar-refractivity contribution in [2.75, 3.05) is 13.2 Å². The summed E-state index contributed by atoms with van der Waals surface area (Å²) in [6, 6.07) is 6.83. The van der Waals surface area contributed by atoms with Crippen molar-refractivity contribution >= 4 is 21.8 Å². The molecule has 0 atom stereocenters. The number of hydrogen-bond donors (Lipinski definition) is 3. The van der Waals surface area contributed by atoms with Gasteiger partial charge < -0.3 is 15.5 Å². The van der Waals surface area contributed by atoms with Crippen LogP contribution in [-0.4, -0.2) is 35.4 Å². The molecule has 1 aromatic rings. The third-order valence-corrected chi connectivity index (χ3v) is 2.61. The highest BCUT2D eigenvalue weighted by atomic mass is 79.9. The van der Waals surface area contributed by atoms with E-state index in [1.165, 1.54) is 0 Å².